The molecular formula is C16H20O3. The molecular weight excluding hydrogens is 240 g/mol. The van der Waals surface area contributed by atoms with E-state index in [0.29, 0.717) is 16.9 Å². The van der Waals surface area contributed by atoms with Gasteiger partial charge >= 0.3 is 0 Å². The molecule has 0 amide bonds. The second-order valence-corrected chi connectivity index (χ2v) is 5.98. The molecule has 3 nitrogen and oxygen atoms in total. The summed E-state index contributed by atoms with van der Waals surface area (Å²) in [5.74, 6) is 0.697. The van der Waals surface area contributed by atoms with Gasteiger partial charge in [0.15, 0.2) is 11.6 Å². The molecule has 0 unspecified atom stereocenters. The molecule has 1 aromatic rings. The minimum Gasteiger partial charge on any atom is -0.496 e. The van der Waals surface area contributed by atoms with Crippen LogP contribution in [0.5, 0.6) is 5.75 Å². The van der Waals surface area contributed by atoms with Gasteiger partial charge in [-0.05, 0) is 38.3 Å². The number of carbonyl (C=O) groups excluding carboxylic acids is 2. The Kier molecular flexibility index (Phi) is 3.04. The van der Waals surface area contributed by atoms with Crippen molar-refractivity contribution in [1.82, 2.24) is 0 Å². The molecule has 0 fully saturated rings. The number of fused-ring (bicyclic) bond motifs is 1. The van der Waals surface area contributed by atoms with Gasteiger partial charge in [-0.15, -0.1) is 0 Å². The Hall–Kier alpha value is -1.64. The second-order valence-electron chi connectivity index (χ2n) is 5.98. The lowest BCUT2D eigenvalue weighted by Gasteiger charge is -2.15. The molecule has 3 heteroatoms. The molecule has 1 aromatic carbocycles. The summed E-state index contributed by atoms with van der Waals surface area (Å²) < 4.78 is 5.35. The fourth-order valence-electron chi connectivity index (χ4n) is 2.70. The highest BCUT2D eigenvalue weighted by molar-refractivity contribution is 6.30. The molecule has 0 bridgehead atoms. The highest BCUT2D eigenvalue weighted by atomic mass is 16.5. The summed E-state index contributed by atoms with van der Waals surface area (Å²) in [4.78, 5) is 25.1. The van der Waals surface area contributed by atoms with Crippen LogP contribution in [0.4, 0.5) is 0 Å². The minimum atomic E-state index is -0.955. The normalized spacial score (nSPS) is 17.0. The Morgan fingerprint density at radius 2 is 1.63 bits per heavy atom. The second kappa shape index (κ2) is 4.19. The summed E-state index contributed by atoms with van der Waals surface area (Å²) in [6.45, 7) is 9.29. The standard InChI is InChI=1S/C16H20O3/c1-8(2)10-7-11(19-6)9(3)12-13(10)15(18)16(4,5)14(12)17/h7-8H,1-6H3. The molecule has 0 aliphatic heterocycles. The summed E-state index contributed by atoms with van der Waals surface area (Å²) in [6.07, 6.45) is 0. The van der Waals surface area contributed by atoms with Crippen molar-refractivity contribution < 1.29 is 14.3 Å². The third-order valence-electron chi connectivity index (χ3n) is 4.00. The number of hydrogen-bond acceptors (Lipinski definition) is 3. The molecule has 0 saturated carbocycles. The smallest absolute Gasteiger partial charge is 0.177 e. The lowest BCUT2D eigenvalue weighted by Crippen LogP contribution is -2.25. The first-order chi connectivity index (χ1) is 8.73. The molecule has 102 valence electrons. The van der Waals surface area contributed by atoms with Gasteiger partial charge in [0, 0.05) is 16.7 Å². The van der Waals surface area contributed by atoms with Gasteiger partial charge in [0.25, 0.3) is 0 Å². The molecule has 1 aliphatic carbocycles. The Labute approximate surface area is 114 Å². The van der Waals surface area contributed by atoms with E-state index in [1.807, 2.05) is 26.8 Å². The van der Waals surface area contributed by atoms with Crippen LogP contribution in [0.15, 0.2) is 6.07 Å². The van der Waals surface area contributed by atoms with Crippen LogP contribution in [-0.4, -0.2) is 18.7 Å². The molecule has 0 heterocycles. The van der Waals surface area contributed by atoms with Crippen LogP contribution in [0.2, 0.25) is 0 Å². The van der Waals surface area contributed by atoms with Gasteiger partial charge in [-0.2, -0.15) is 0 Å². The zero-order chi connectivity index (χ0) is 14.5. The van der Waals surface area contributed by atoms with Gasteiger partial charge in [0.1, 0.15) is 5.75 Å². The molecule has 0 saturated heterocycles. The van der Waals surface area contributed by atoms with Crippen molar-refractivity contribution in [2.75, 3.05) is 7.11 Å². The summed E-state index contributed by atoms with van der Waals surface area (Å²) in [6, 6.07) is 1.89. The molecule has 0 radical (unpaired) electrons. The first kappa shape index (κ1) is 13.8. The maximum absolute atomic E-state index is 12.5. The Balaban J connectivity index is 2.87. The van der Waals surface area contributed by atoms with E-state index in [4.69, 9.17) is 4.74 Å². The third kappa shape index (κ3) is 1.71. The van der Waals surface area contributed by atoms with Crippen molar-refractivity contribution in [3.63, 3.8) is 0 Å². The van der Waals surface area contributed by atoms with Gasteiger partial charge in [-0.1, -0.05) is 13.8 Å². The molecule has 0 N–H and O–H groups in total. The van der Waals surface area contributed by atoms with E-state index >= 15 is 0 Å². The van der Waals surface area contributed by atoms with E-state index in [9.17, 15) is 9.59 Å². The van der Waals surface area contributed by atoms with E-state index in [1.54, 1.807) is 21.0 Å². The van der Waals surface area contributed by atoms with Crippen LogP contribution in [0.25, 0.3) is 0 Å². The van der Waals surface area contributed by atoms with Crippen LogP contribution >= 0.6 is 0 Å². The quantitative estimate of drug-likeness (QED) is 0.764. The fourth-order valence-corrected chi connectivity index (χ4v) is 2.70. The predicted molar refractivity (Wildman–Crippen MR) is 74.3 cm³/mol. The Morgan fingerprint density at radius 3 is 2.11 bits per heavy atom. The fraction of sp³-hybridized carbons (Fsp3) is 0.500. The Bertz CT molecular complexity index is 580. The van der Waals surface area contributed by atoms with Gasteiger partial charge < -0.3 is 4.74 Å². The van der Waals surface area contributed by atoms with Crippen molar-refractivity contribution in [3.05, 3.63) is 28.3 Å². The minimum absolute atomic E-state index is 0.0676. The van der Waals surface area contributed by atoms with Gasteiger partial charge in [0.05, 0.1) is 12.5 Å². The number of methoxy groups -OCH3 is 1. The van der Waals surface area contributed by atoms with Crippen molar-refractivity contribution in [3.8, 4) is 5.75 Å². The number of hydrogen-bond donors (Lipinski definition) is 0. The van der Waals surface area contributed by atoms with E-state index in [2.05, 4.69) is 0 Å². The maximum Gasteiger partial charge on any atom is 0.177 e. The highest BCUT2D eigenvalue weighted by Crippen LogP contribution is 2.44. The van der Waals surface area contributed by atoms with Gasteiger partial charge in [-0.3, -0.25) is 9.59 Å². The number of Topliss-reactive ketones (excluding diaryl/α,β-unsaturated/α-hetero) is 2. The first-order valence-electron chi connectivity index (χ1n) is 6.54. The zero-order valence-corrected chi connectivity index (χ0v) is 12.4. The lowest BCUT2D eigenvalue weighted by molar-refractivity contribution is 0.0745. The van der Waals surface area contributed by atoms with Crippen LogP contribution in [0.1, 0.15) is 65.5 Å². The topological polar surface area (TPSA) is 43.4 Å². The first-order valence-corrected chi connectivity index (χ1v) is 6.54. The maximum atomic E-state index is 12.5. The van der Waals surface area contributed by atoms with Gasteiger partial charge in [-0.25, -0.2) is 0 Å². The summed E-state index contributed by atoms with van der Waals surface area (Å²) in [5, 5.41) is 0. The van der Waals surface area contributed by atoms with Crippen LogP contribution in [0.3, 0.4) is 0 Å². The summed E-state index contributed by atoms with van der Waals surface area (Å²) >= 11 is 0. The van der Waals surface area contributed by atoms with Crippen molar-refractivity contribution in [2.24, 2.45) is 5.41 Å². The number of rotatable bonds is 2. The van der Waals surface area contributed by atoms with E-state index in [-0.39, 0.29) is 17.5 Å². The molecule has 19 heavy (non-hydrogen) atoms. The van der Waals surface area contributed by atoms with Gasteiger partial charge in [0.2, 0.25) is 0 Å². The molecule has 0 atom stereocenters. The number of carbonyl (C=O) groups is 2. The van der Waals surface area contributed by atoms with E-state index in [1.165, 1.54) is 0 Å². The highest BCUT2D eigenvalue weighted by Gasteiger charge is 2.48. The molecule has 1 aliphatic rings. The largest absolute Gasteiger partial charge is 0.496 e. The number of ether oxygens (including phenoxy) is 1. The Morgan fingerprint density at radius 1 is 1.11 bits per heavy atom. The summed E-state index contributed by atoms with van der Waals surface area (Å²) in [7, 11) is 1.59. The number of benzene rings is 1. The van der Waals surface area contributed by atoms with Crippen LogP contribution in [0, 0.1) is 12.3 Å². The summed E-state index contributed by atoms with van der Waals surface area (Å²) in [5.41, 5.74) is 1.87. The molecule has 0 aromatic heterocycles. The molecule has 2 rings (SSSR count). The van der Waals surface area contributed by atoms with E-state index < -0.39 is 5.41 Å². The SMILES string of the molecule is COc1cc(C(C)C)c2c(c1C)C(=O)C(C)(C)C2=O. The average Bonchev–Trinajstić information content (AvgIpc) is 2.52. The van der Waals surface area contributed by atoms with Crippen molar-refractivity contribution in [1.29, 1.82) is 0 Å². The predicted octanol–water partition coefficient (Wildman–Crippen LogP) is 3.53. The monoisotopic (exact) mass is 260 g/mol. The number of ketones is 2. The lowest BCUT2D eigenvalue weighted by atomic mass is 9.86. The zero-order valence-electron chi connectivity index (χ0n) is 12.4. The van der Waals surface area contributed by atoms with Crippen LogP contribution < -0.4 is 4.74 Å². The molecule has 0 spiro atoms. The van der Waals surface area contributed by atoms with Crippen molar-refractivity contribution in [2.45, 2.75) is 40.5 Å². The van der Waals surface area contributed by atoms with Crippen LogP contribution in [-0.2, 0) is 0 Å². The average molecular weight is 260 g/mol. The van der Waals surface area contributed by atoms with Crippen molar-refractivity contribution >= 4 is 11.6 Å². The third-order valence-corrected chi connectivity index (χ3v) is 4.00. The van der Waals surface area contributed by atoms with E-state index in [0.717, 1.165) is 11.1 Å².